The summed E-state index contributed by atoms with van der Waals surface area (Å²) in [6.45, 7) is 5.46. The Hall–Kier alpha value is -2.37. The highest BCUT2D eigenvalue weighted by atomic mass is 16.4. The molecule has 6 nitrogen and oxygen atoms in total. The minimum absolute atomic E-state index is 0.0570. The predicted molar refractivity (Wildman–Crippen MR) is 56.3 cm³/mol. The average molecular weight is 219 g/mol. The van der Waals surface area contributed by atoms with Crippen molar-refractivity contribution < 1.29 is 15.0 Å². The smallest absolute Gasteiger partial charge is 0.341 e. The zero-order valence-electron chi connectivity index (χ0n) is 8.51. The molecule has 0 aliphatic rings. The van der Waals surface area contributed by atoms with E-state index in [2.05, 4.69) is 16.7 Å². The second-order valence-corrected chi connectivity index (χ2v) is 3.38. The summed E-state index contributed by atoms with van der Waals surface area (Å²) < 4.78 is 1.34. The van der Waals surface area contributed by atoms with E-state index in [4.69, 9.17) is 5.11 Å². The molecule has 0 aliphatic heterocycles. The van der Waals surface area contributed by atoms with E-state index in [1.807, 2.05) is 0 Å². The molecule has 0 spiro atoms. The minimum atomic E-state index is -1.14. The Kier molecular flexibility index (Phi) is 2.12. The van der Waals surface area contributed by atoms with E-state index < -0.39 is 5.97 Å². The van der Waals surface area contributed by atoms with Crippen LogP contribution in [0.1, 0.15) is 23.0 Å². The number of aromatic nitrogens is 3. The molecule has 0 aromatic carbocycles. The van der Waals surface area contributed by atoms with Crippen molar-refractivity contribution in [2.24, 2.45) is 0 Å². The van der Waals surface area contributed by atoms with Crippen LogP contribution < -0.4 is 0 Å². The van der Waals surface area contributed by atoms with Crippen LogP contribution in [0.3, 0.4) is 0 Å². The monoisotopic (exact) mass is 219 g/mol. The summed E-state index contributed by atoms with van der Waals surface area (Å²) in [6, 6.07) is 1.38. The fourth-order valence-corrected chi connectivity index (χ4v) is 1.40. The van der Waals surface area contributed by atoms with Crippen molar-refractivity contribution in [1.29, 1.82) is 0 Å². The molecule has 0 amide bonds. The molecular formula is C10H9N3O3. The lowest BCUT2D eigenvalue weighted by molar-refractivity contribution is 0.0699. The number of hydrogen-bond donors (Lipinski definition) is 2. The van der Waals surface area contributed by atoms with Crippen molar-refractivity contribution in [2.75, 3.05) is 0 Å². The third kappa shape index (κ3) is 1.40. The van der Waals surface area contributed by atoms with Gasteiger partial charge in [0.05, 0.1) is 11.9 Å². The second-order valence-electron chi connectivity index (χ2n) is 3.38. The van der Waals surface area contributed by atoms with Crippen LogP contribution in [0.5, 0.6) is 5.88 Å². The summed E-state index contributed by atoms with van der Waals surface area (Å²) in [7, 11) is 0. The molecule has 0 atom stereocenters. The first-order valence-corrected chi connectivity index (χ1v) is 4.47. The number of carboxylic acid groups (broad SMARTS) is 1. The number of fused-ring (bicyclic) bond motifs is 1. The number of hydrogen-bond acceptors (Lipinski definition) is 4. The van der Waals surface area contributed by atoms with Gasteiger partial charge in [-0.3, -0.25) is 0 Å². The predicted octanol–water partition coefficient (Wildman–Crippen LogP) is 1.17. The Balaban J connectivity index is 2.86. The molecule has 6 heteroatoms. The molecule has 0 bridgehead atoms. The van der Waals surface area contributed by atoms with E-state index >= 15 is 0 Å². The van der Waals surface area contributed by atoms with Crippen molar-refractivity contribution in [3.63, 3.8) is 0 Å². The molecule has 2 aromatic heterocycles. The molecule has 0 fully saturated rings. The summed E-state index contributed by atoms with van der Waals surface area (Å²) in [6.07, 6.45) is 1.19. The van der Waals surface area contributed by atoms with Gasteiger partial charge in [-0.2, -0.15) is 10.1 Å². The maximum absolute atomic E-state index is 10.9. The van der Waals surface area contributed by atoms with Crippen LogP contribution in [-0.2, 0) is 0 Å². The highest BCUT2D eigenvalue weighted by Gasteiger charge is 2.16. The molecule has 82 valence electrons. The zero-order chi connectivity index (χ0) is 11.9. The SMILES string of the molecule is C=C(C)c1cc(O)nc2c(C(=O)O)cnn12. The highest BCUT2D eigenvalue weighted by Crippen LogP contribution is 2.20. The van der Waals surface area contributed by atoms with Gasteiger partial charge in [-0.25, -0.2) is 9.31 Å². The molecule has 0 saturated carbocycles. The standard InChI is InChI=1S/C10H9N3O3/c1-5(2)7-3-8(14)12-9-6(10(15)16)4-11-13(7)9/h3-4H,1H2,2H3,(H,12,14)(H,15,16). The molecule has 16 heavy (non-hydrogen) atoms. The van der Waals surface area contributed by atoms with Gasteiger partial charge in [0.15, 0.2) is 5.65 Å². The quantitative estimate of drug-likeness (QED) is 0.791. The van der Waals surface area contributed by atoms with Crippen LogP contribution in [-0.4, -0.2) is 30.8 Å². The van der Waals surface area contributed by atoms with Crippen LogP contribution in [0.4, 0.5) is 0 Å². The fourth-order valence-electron chi connectivity index (χ4n) is 1.40. The van der Waals surface area contributed by atoms with Gasteiger partial charge in [-0.15, -0.1) is 0 Å². The number of rotatable bonds is 2. The van der Waals surface area contributed by atoms with E-state index in [-0.39, 0.29) is 17.1 Å². The highest BCUT2D eigenvalue weighted by molar-refractivity contribution is 5.94. The normalized spacial score (nSPS) is 10.6. The molecule has 0 unspecified atom stereocenters. The lowest BCUT2D eigenvalue weighted by Gasteiger charge is -2.04. The van der Waals surface area contributed by atoms with E-state index in [9.17, 15) is 9.90 Å². The lowest BCUT2D eigenvalue weighted by atomic mass is 10.2. The van der Waals surface area contributed by atoms with Gasteiger partial charge >= 0.3 is 5.97 Å². The summed E-state index contributed by atoms with van der Waals surface area (Å²) in [5, 5.41) is 22.2. The van der Waals surface area contributed by atoms with Gasteiger partial charge in [0.2, 0.25) is 5.88 Å². The molecule has 0 radical (unpaired) electrons. The Morgan fingerprint density at radius 1 is 1.56 bits per heavy atom. The first-order valence-electron chi connectivity index (χ1n) is 4.47. The number of aromatic carboxylic acids is 1. The average Bonchev–Trinajstić information content (AvgIpc) is 2.59. The minimum Gasteiger partial charge on any atom is -0.493 e. The second kappa shape index (κ2) is 3.34. The van der Waals surface area contributed by atoms with Crippen LogP contribution in [0, 0.1) is 0 Å². The van der Waals surface area contributed by atoms with Crippen molar-refractivity contribution in [3.8, 4) is 5.88 Å². The van der Waals surface area contributed by atoms with Gasteiger partial charge in [0.25, 0.3) is 0 Å². The van der Waals surface area contributed by atoms with Crippen molar-refractivity contribution >= 4 is 17.2 Å². The molecule has 2 rings (SSSR count). The fraction of sp³-hybridized carbons (Fsp3) is 0.100. The van der Waals surface area contributed by atoms with Gasteiger partial charge < -0.3 is 10.2 Å². The largest absolute Gasteiger partial charge is 0.493 e. The molecule has 0 saturated heterocycles. The topological polar surface area (TPSA) is 87.7 Å². The Labute approximate surface area is 90.5 Å². The molecule has 2 N–H and O–H groups in total. The summed E-state index contributed by atoms with van der Waals surface area (Å²) >= 11 is 0. The van der Waals surface area contributed by atoms with E-state index in [1.54, 1.807) is 6.92 Å². The van der Waals surface area contributed by atoms with Gasteiger partial charge in [0.1, 0.15) is 5.56 Å². The molecule has 0 aliphatic carbocycles. The van der Waals surface area contributed by atoms with E-state index in [0.29, 0.717) is 11.3 Å². The van der Waals surface area contributed by atoms with Crippen LogP contribution in [0.15, 0.2) is 18.8 Å². The van der Waals surface area contributed by atoms with Crippen molar-refractivity contribution in [1.82, 2.24) is 14.6 Å². The Morgan fingerprint density at radius 2 is 2.25 bits per heavy atom. The van der Waals surface area contributed by atoms with Crippen LogP contribution >= 0.6 is 0 Å². The Morgan fingerprint density at radius 3 is 2.81 bits per heavy atom. The number of allylic oxidation sites excluding steroid dienone is 1. The third-order valence-electron chi connectivity index (χ3n) is 2.13. The summed E-state index contributed by atoms with van der Waals surface area (Å²) in [4.78, 5) is 14.6. The summed E-state index contributed by atoms with van der Waals surface area (Å²) in [5.41, 5.74) is 1.22. The van der Waals surface area contributed by atoms with Gasteiger partial charge in [0, 0.05) is 6.07 Å². The van der Waals surface area contributed by atoms with Gasteiger partial charge in [-0.05, 0) is 12.5 Å². The first kappa shape index (κ1) is 10.2. The maximum Gasteiger partial charge on any atom is 0.341 e. The molecule has 2 heterocycles. The van der Waals surface area contributed by atoms with Crippen molar-refractivity contribution in [2.45, 2.75) is 6.92 Å². The number of carboxylic acids is 1. The first-order chi connectivity index (χ1) is 7.50. The number of nitrogens with zero attached hydrogens (tertiary/aromatic N) is 3. The van der Waals surface area contributed by atoms with E-state index in [1.165, 1.54) is 16.8 Å². The number of aromatic hydroxyl groups is 1. The molecular weight excluding hydrogens is 210 g/mol. The third-order valence-corrected chi connectivity index (χ3v) is 2.13. The summed E-state index contributed by atoms with van der Waals surface area (Å²) in [5.74, 6) is -1.39. The Bertz CT molecular complexity index is 601. The molecule has 2 aromatic rings. The van der Waals surface area contributed by atoms with E-state index in [0.717, 1.165) is 0 Å². The maximum atomic E-state index is 10.9. The van der Waals surface area contributed by atoms with Crippen LogP contribution in [0.2, 0.25) is 0 Å². The van der Waals surface area contributed by atoms with Gasteiger partial charge in [-0.1, -0.05) is 6.58 Å². The zero-order valence-corrected chi connectivity index (χ0v) is 8.51. The van der Waals surface area contributed by atoms with Crippen LogP contribution in [0.25, 0.3) is 11.2 Å². The van der Waals surface area contributed by atoms with Crippen molar-refractivity contribution in [3.05, 3.63) is 30.1 Å². The lowest BCUT2D eigenvalue weighted by Crippen LogP contribution is -2.01. The number of carbonyl (C=O) groups is 1.